The van der Waals surface area contributed by atoms with Crippen LogP contribution < -0.4 is 15.6 Å². The van der Waals surface area contributed by atoms with Crippen molar-refractivity contribution in [2.45, 2.75) is 0 Å². The van der Waals surface area contributed by atoms with E-state index in [1.165, 1.54) is 0 Å². The molecule has 0 aliphatic rings. The van der Waals surface area contributed by atoms with E-state index in [4.69, 9.17) is 4.74 Å². The predicted octanol–water partition coefficient (Wildman–Crippen LogP) is 5.40. The molecule has 0 saturated heterocycles. The Morgan fingerprint density at radius 1 is 0.812 bits per heavy atom. The predicted molar refractivity (Wildman–Crippen MR) is 127 cm³/mol. The summed E-state index contributed by atoms with van der Waals surface area (Å²) in [6.45, 7) is 0. The molecular formula is C26H20N4O2. The van der Waals surface area contributed by atoms with E-state index in [0.717, 1.165) is 33.7 Å². The maximum Gasteiger partial charge on any atom is 0.262 e. The van der Waals surface area contributed by atoms with Gasteiger partial charge in [0.15, 0.2) is 5.65 Å². The highest BCUT2D eigenvalue weighted by molar-refractivity contribution is 5.92. The Hall–Kier alpha value is -4.45. The van der Waals surface area contributed by atoms with Crippen molar-refractivity contribution < 1.29 is 4.74 Å². The fourth-order valence-corrected chi connectivity index (χ4v) is 3.65. The molecule has 6 nitrogen and oxygen atoms in total. The smallest absolute Gasteiger partial charge is 0.262 e. The topological polar surface area (TPSA) is 79.9 Å². The van der Waals surface area contributed by atoms with Gasteiger partial charge in [-0.3, -0.25) is 9.78 Å². The minimum Gasteiger partial charge on any atom is -0.497 e. The summed E-state index contributed by atoms with van der Waals surface area (Å²) in [7, 11) is 1.61. The molecule has 0 radical (unpaired) electrons. The van der Waals surface area contributed by atoms with Gasteiger partial charge in [-0.2, -0.15) is 4.98 Å². The van der Waals surface area contributed by atoms with E-state index in [0.29, 0.717) is 17.0 Å². The molecule has 0 amide bonds. The number of hydrogen-bond acceptors (Lipinski definition) is 5. The van der Waals surface area contributed by atoms with Gasteiger partial charge in [0.05, 0.1) is 12.5 Å². The number of methoxy groups -OCH3 is 1. The standard InChI is InChI=1S/C26H20N4O2/c1-32-21-13-11-20(12-14-21)28-26-29-24-23(25(31)30-26)22(15-16-27-24)19-9-7-18(8-10-19)17-5-3-2-4-6-17/h2-16H,1H3,(H2,27,28,29,30,31). The van der Waals surface area contributed by atoms with Crippen LogP contribution in [0.15, 0.2) is 95.9 Å². The monoisotopic (exact) mass is 420 g/mol. The largest absolute Gasteiger partial charge is 0.497 e. The molecule has 0 spiro atoms. The van der Waals surface area contributed by atoms with E-state index >= 15 is 0 Å². The van der Waals surface area contributed by atoms with Gasteiger partial charge >= 0.3 is 0 Å². The second-order valence-corrected chi connectivity index (χ2v) is 7.27. The zero-order valence-electron chi connectivity index (χ0n) is 17.4. The molecule has 0 fully saturated rings. The number of fused-ring (bicyclic) bond motifs is 1. The highest BCUT2D eigenvalue weighted by Gasteiger charge is 2.12. The Bertz CT molecular complexity index is 1430. The van der Waals surface area contributed by atoms with Crippen LogP contribution in [0.1, 0.15) is 0 Å². The summed E-state index contributed by atoms with van der Waals surface area (Å²) in [4.78, 5) is 24.7. The molecule has 3 aromatic carbocycles. The first kappa shape index (κ1) is 19.5. The second-order valence-electron chi connectivity index (χ2n) is 7.27. The van der Waals surface area contributed by atoms with E-state index < -0.39 is 0 Å². The average molecular weight is 420 g/mol. The summed E-state index contributed by atoms with van der Waals surface area (Å²) in [6, 6.07) is 27.5. The third-order valence-electron chi connectivity index (χ3n) is 5.26. The summed E-state index contributed by atoms with van der Waals surface area (Å²) in [5.41, 5.74) is 4.90. The number of ether oxygens (including phenoxy) is 1. The van der Waals surface area contributed by atoms with Crippen LogP contribution in [0.5, 0.6) is 5.75 Å². The van der Waals surface area contributed by atoms with Crippen LogP contribution >= 0.6 is 0 Å². The number of aromatic nitrogens is 3. The Labute approximate surface area is 184 Å². The maximum atomic E-state index is 13.0. The molecule has 6 heteroatoms. The SMILES string of the molecule is COc1ccc(Nc2nc3nccc(-c4ccc(-c5ccccc5)cc4)c3c(=O)[nH]2)cc1. The number of H-pyrrole nitrogens is 1. The van der Waals surface area contributed by atoms with Gasteiger partial charge in [0.1, 0.15) is 5.75 Å². The van der Waals surface area contributed by atoms with Gasteiger partial charge < -0.3 is 10.1 Å². The molecule has 0 aliphatic carbocycles. The lowest BCUT2D eigenvalue weighted by Crippen LogP contribution is -2.13. The Balaban J connectivity index is 1.50. The Morgan fingerprint density at radius 2 is 1.50 bits per heavy atom. The molecular weight excluding hydrogens is 400 g/mol. The summed E-state index contributed by atoms with van der Waals surface area (Å²) < 4.78 is 5.17. The van der Waals surface area contributed by atoms with Crippen LogP contribution in [0.25, 0.3) is 33.3 Å². The minimum atomic E-state index is -0.249. The molecule has 5 rings (SSSR count). The van der Waals surface area contributed by atoms with Crippen molar-refractivity contribution in [3.05, 3.63) is 101 Å². The Kier molecular flexibility index (Phi) is 5.09. The lowest BCUT2D eigenvalue weighted by Gasteiger charge is -2.10. The van der Waals surface area contributed by atoms with Crippen LogP contribution in [-0.2, 0) is 0 Å². The van der Waals surface area contributed by atoms with Gasteiger partial charge in [-0.25, -0.2) is 4.98 Å². The van der Waals surface area contributed by atoms with E-state index in [1.807, 2.05) is 60.7 Å². The van der Waals surface area contributed by atoms with Gasteiger partial charge in [-0.05, 0) is 52.6 Å². The fourth-order valence-electron chi connectivity index (χ4n) is 3.65. The first-order chi connectivity index (χ1) is 15.7. The van der Waals surface area contributed by atoms with Crippen LogP contribution in [0.3, 0.4) is 0 Å². The lowest BCUT2D eigenvalue weighted by molar-refractivity contribution is 0.415. The third kappa shape index (κ3) is 3.81. The zero-order valence-corrected chi connectivity index (χ0v) is 17.4. The number of rotatable bonds is 5. The van der Waals surface area contributed by atoms with Crippen molar-refractivity contribution in [1.29, 1.82) is 0 Å². The molecule has 2 heterocycles. The van der Waals surface area contributed by atoms with Crippen LogP contribution in [0.2, 0.25) is 0 Å². The molecule has 32 heavy (non-hydrogen) atoms. The number of pyridine rings is 1. The number of nitrogens with one attached hydrogen (secondary N) is 2. The molecule has 0 aliphatic heterocycles. The lowest BCUT2D eigenvalue weighted by atomic mass is 9.99. The van der Waals surface area contributed by atoms with Crippen molar-refractivity contribution in [2.24, 2.45) is 0 Å². The van der Waals surface area contributed by atoms with Crippen molar-refractivity contribution in [1.82, 2.24) is 15.0 Å². The third-order valence-corrected chi connectivity index (χ3v) is 5.26. The second kappa shape index (κ2) is 8.35. The molecule has 5 aromatic rings. The quantitative estimate of drug-likeness (QED) is 0.398. The summed E-state index contributed by atoms with van der Waals surface area (Å²) in [5.74, 6) is 1.08. The van der Waals surface area contributed by atoms with Crippen LogP contribution in [0.4, 0.5) is 11.6 Å². The first-order valence-electron chi connectivity index (χ1n) is 10.2. The molecule has 0 saturated carbocycles. The van der Waals surface area contributed by atoms with E-state index in [-0.39, 0.29) is 5.56 Å². The number of hydrogen-bond donors (Lipinski definition) is 2. The van der Waals surface area contributed by atoms with Gasteiger partial charge in [-0.15, -0.1) is 0 Å². The van der Waals surface area contributed by atoms with Crippen molar-refractivity contribution >= 4 is 22.7 Å². The van der Waals surface area contributed by atoms with Gasteiger partial charge in [0.2, 0.25) is 5.95 Å². The minimum absolute atomic E-state index is 0.249. The van der Waals surface area contributed by atoms with Crippen molar-refractivity contribution in [3.8, 4) is 28.0 Å². The first-order valence-corrected chi connectivity index (χ1v) is 10.2. The molecule has 0 unspecified atom stereocenters. The highest BCUT2D eigenvalue weighted by Crippen LogP contribution is 2.28. The highest BCUT2D eigenvalue weighted by atomic mass is 16.5. The van der Waals surface area contributed by atoms with Gasteiger partial charge in [-0.1, -0.05) is 54.6 Å². The van der Waals surface area contributed by atoms with E-state index in [1.54, 1.807) is 13.3 Å². The van der Waals surface area contributed by atoms with Crippen LogP contribution in [-0.4, -0.2) is 22.1 Å². The summed E-state index contributed by atoms with van der Waals surface area (Å²) in [6.07, 6.45) is 1.67. The Morgan fingerprint density at radius 3 is 2.22 bits per heavy atom. The number of aromatic amines is 1. The molecule has 0 atom stereocenters. The fraction of sp³-hybridized carbons (Fsp3) is 0.0385. The normalized spacial score (nSPS) is 10.8. The van der Waals surface area contributed by atoms with Crippen LogP contribution in [0, 0.1) is 0 Å². The van der Waals surface area contributed by atoms with E-state index in [2.05, 4.69) is 44.5 Å². The summed E-state index contributed by atoms with van der Waals surface area (Å²) in [5, 5.41) is 3.57. The number of anilines is 2. The van der Waals surface area contributed by atoms with Gasteiger partial charge in [0, 0.05) is 11.9 Å². The van der Waals surface area contributed by atoms with E-state index in [9.17, 15) is 4.79 Å². The maximum absolute atomic E-state index is 13.0. The van der Waals surface area contributed by atoms with Crippen molar-refractivity contribution in [2.75, 3.05) is 12.4 Å². The number of nitrogens with zero attached hydrogens (tertiary/aromatic N) is 2. The molecule has 0 bridgehead atoms. The molecule has 2 N–H and O–H groups in total. The van der Waals surface area contributed by atoms with Gasteiger partial charge in [0.25, 0.3) is 5.56 Å². The average Bonchev–Trinajstić information content (AvgIpc) is 2.85. The zero-order chi connectivity index (χ0) is 21.9. The number of benzene rings is 3. The summed E-state index contributed by atoms with van der Waals surface area (Å²) >= 11 is 0. The molecule has 2 aromatic heterocycles. The van der Waals surface area contributed by atoms with Crippen molar-refractivity contribution in [3.63, 3.8) is 0 Å². The molecule has 156 valence electrons.